The number of carbonyl (C=O) groups is 2. The van der Waals surface area contributed by atoms with Gasteiger partial charge in [-0.05, 0) is 70.5 Å². The topological polar surface area (TPSA) is 73.9 Å². The molecule has 7 heteroatoms. The molecule has 0 aliphatic carbocycles. The molecule has 2 N–H and O–H groups in total. The van der Waals surface area contributed by atoms with Gasteiger partial charge in [0.15, 0.2) is 0 Å². The molecule has 2 heterocycles. The highest BCUT2D eigenvalue weighted by molar-refractivity contribution is 5.74. The minimum atomic E-state index is -0.331. The first kappa shape index (κ1) is 37.7. The molecule has 0 spiro atoms. The van der Waals surface area contributed by atoms with Gasteiger partial charge >= 0.3 is 12.1 Å². The Morgan fingerprint density at radius 3 is 1.84 bits per heavy atom. The lowest BCUT2D eigenvalue weighted by Gasteiger charge is -2.35. The number of amides is 3. The molecule has 2 fully saturated rings. The number of nitrogens with one attached hydrogen (secondary N) is 2. The number of unbranched alkanes of at least 4 members (excludes halogenated alkanes) is 15. The number of ether oxygens (including phenoxy) is 1. The molecule has 0 aromatic heterocycles. The van der Waals surface area contributed by atoms with Gasteiger partial charge < -0.3 is 25.2 Å². The van der Waals surface area contributed by atoms with Crippen LogP contribution in [-0.4, -0.2) is 73.8 Å². The van der Waals surface area contributed by atoms with E-state index in [2.05, 4.69) is 29.4 Å². The van der Waals surface area contributed by atoms with Crippen LogP contribution < -0.4 is 10.6 Å². The maximum absolute atomic E-state index is 12.9. The summed E-state index contributed by atoms with van der Waals surface area (Å²) in [6, 6.07) is 0.219. The van der Waals surface area contributed by atoms with Crippen LogP contribution in [0.2, 0.25) is 0 Å². The highest BCUT2D eigenvalue weighted by Gasteiger charge is 2.26. The molecule has 3 amide bonds. The molecular formula is C36H70N4O3. The van der Waals surface area contributed by atoms with Gasteiger partial charge in [0.25, 0.3) is 0 Å². The van der Waals surface area contributed by atoms with Crippen LogP contribution in [0, 0.1) is 5.92 Å². The summed E-state index contributed by atoms with van der Waals surface area (Å²) in [7, 11) is 0. The van der Waals surface area contributed by atoms with Crippen molar-refractivity contribution in [1.29, 1.82) is 0 Å². The number of carbonyl (C=O) groups excluding carboxylic acids is 2. The van der Waals surface area contributed by atoms with Crippen LogP contribution in [0.3, 0.4) is 0 Å². The number of hydrogen-bond donors (Lipinski definition) is 2. The summed E-state index contributed by atoms with van der Waals surface area (Å²) in [5, 5.41) is 6.05. The SMILES string of the molecule is CCCCCCCCCCCCCCCCCCNC(=O)N1CCCCC1CCOC(=O)NCCCN1CCC(C)CC1. The third-order valence-corrected chi connectivity index (χ3v) is 9.68. The molecule has 43 heavy (non-hydrogen) atoms. The Bertz CT molecular complexity index is 683. The molecule has 0 radical (unpaired) electrons. The molecule has 0 aromatic rings. The van der Waals surface area contributed by atoms with Crippen LogP contribution >= 0.6 is 0 Å². The predicted octanol–water partition coefficient (Wildman–Crippen LogP) is 9.05. The van der Waals surface area contributed by atoms with E-state index in [0.29, 0.717) is 19.6 Å². The molecule has 0 bridgehead atoms. The number of urea groups is 1. The zero-order chi connectivity index (χ0) is 30.8. The van der Waals surface area contributed by atoms with Gasteiger partial charge in [-0.3, -0.25) is 0 Å². The smallest absolute Gasteiger partial charge is 0.407 e. The Labute approximate surface area is 266 Å². The first-order chi connectivity index (χ1) is 21.1. The van der Waals surface area contributed by atoms with E-state index in [4.69, 9.17) is 4.74 Å². The number of nitrogens with zero attached hydrogens (tertiary/aromatic N) is 2. The predicted molar refractivity (Wildman–Crippen MR) is 181 cm³/mol. The van der Waals surface area contributed by atoms with E-state index >= 15 is 0 Å². The number of rotatable bonds is 24. The molecule has 7 nitrogen and oxygen atoms in total. The Hall–Kier alpha value is -1.50. The molecule has 252 valence electrons. The second-order valence-electron chi connectivity index (χ2n) is 13.6. The van der Waals surface area contributed by atoms with Crippen LogP contribution in [0.5, 0.6) is 0 Å². The third kappa shape index (κ3) is 19.5. The highest BCUT2D eigenvalue weighted by atomic mass is 16.5. The number of piperidine rings is 2. The van der Waals surface area contributed by atoms with Gasteiger partial charge in [0, 0.05) is 32.1 Å². The standard InChI is InChI=1S/C36H70N4O3/c1-3-4-5-6-7-8-9-10-11-12-13-14-15-16-17-19-26-37-35(41)40-29-20-18-22-34(40)25-32-43-36(42)38-27-21-28-39-30-23-33(2)24-31-39/h33-34H,3-32H2,1-2H3,(H,37,41)(H,38,42). The van der Waals surface area contributed by atoms with Crippen molar-refractivity contribution in [3.05, 3.63) is 0 Å². The first-order valence-electron chi connectivity index (χ1n) is 18.8. The lowest BCUT2D eigenvalue weighted by molar-refractivity contribution is 0.111. The quantitative estimate of drug-likeness (QED) is 0.108. The Morgan fingerprint density at radius 2 is 1.23 bits per heavy atom. The monoisotopic (exact) mass is 607 g/mol. The van der Waals surface area contributed by atoms with Crippen molar-refractivity contribution in [2.45, 2.75) is 168 Å². The summed E-state index contributed by atoms with van der Waals surface area (Å²) in [4.78, 5) is 29.5. The minimum Gasteiger partial charge on any atom is -0.449 e. The van der Waals surface area contributed by atoms with Crippen LogP contribution in [-0.2, 0) is 4.74 Å². The molecule has 2 rings (SSSR count). The van der Waals surface area contributed by atoms with Crippen LogP contribution in [0.4, 0.5) is 9.59 Å². The summed E-state index contributed by atoms with van der Waals surface area (Å²) in [6.07, 6.45) is 28.8. The maximum atomic E-state index is 12.9. The van der Waals surface area contributed by atoms with Crippen LogP contribution in [0.15, 0.2) is 0 Å². The van der Waals surface area contributed by atoms with E-state index in [1.165, 1.54) is 122 Å². The molecule has 1 unspecified atom stereocenters. The van der Waals surface area contributed by atoms with Crippen molar-refractivity contribution < 1.29 is 14.3 Å². The minimum absolute atomic E-state index is 0.0576. The second-order valence-corrected chi connectivity index (χ2v) is 13.6. The van der Waals surface area contributed by atoms with E-state index in [1.807, 2.05) is 4.90 Å². The average molecular weight is 607 g/mol. The summed E-state index contributed by atoms with van der Waals surface area (Å²) in [6.45, 7) is 10.6. The zero-order valence-electron chi connectivity index (χ0n) is 28.5. The van der Waals surface area contributed by atoms with E-state index in [9.17, 15) is 9.59 Å². The summed E-state index contributed by atoms with van der Waals surface area (Å²) < 4.78 is 5.45. The molecule has 2 aliphatic heterocycles. The third-order valence-electron chi connectivity index (χ3n) is 9.68. The second kappa shape index (κ2) is 25.8. The summed E-state index contributed by atoms with van der Waals surface area (Å²) in [5.74, 6) is 0.846. The molecule has 0 aromatic carbocycles. The number of hydrogen-bond acceptors (Lipinski definition) is 4. The maximum Gasteiger partial charge on any atom is 0.407 e. The Balaban J connectivity index is 1.40. The van der Waals surface area contributed by atoms with Gasteiger partial charge in [-0.25, -0.2) is 9.59 Å². The number of likely N-dealkylation sites (tertiary alicyclic amines) is 2. The van der Waals surface area contributed by atoms with Gasteiger partial charge in [0.05, 0.1) is 6.61 Å². The van der Waals surface area contributed by atoms with E-state index in [1.54, 1.807) is 0 Å². The first-order valence-corrected chi connectivity index (χ1v) is 18.8. The van der Waals surface area contributed by atoms with Crippen molar-refractivity contribution in [3.63, 3.8) is 0 Å². The van der Waals surface area contributed by atoms with Gasteiger partial charge in [-0.15, -0.1) is 0 Å². The Kier molecular flexibility index (Phi) is 22.6. The summed E-state index contributed by atoms with van der Waals surface area (Å²) in [5.41, 5.74) is 0. The summed E-state index contributed by atoms with van der Waals surface area (Å²) >= 11 is 0. The van der Waals surface area contributed by atoms with E-state index in [0.717, 1.165) is 57.7 Å². The molecule has 0 saturated carbocycles. The fourth-order valence-corrected chi connectivity index (χ4v) is 6.66. The lowest BCUT2D eigenvalue weighted by atomic mass is 9.99. The average Bonchev–Trinajstić information content (AvgIpc) is 3.02. The van der Waals surface area contributed by atoms with Crippen molar-refractivity contribution in [3.8, 4) is 0 Å². The van der Waals surface area contributed by atoms with E-state index in [-0.39, 0.29) is 18.2 Å². The van der Waals surface area contributed by atoms with Crippen molar-refractivity contribution in [2.75, 3.05) is 45.9 Å². The van der Waals surface area contributed by atoms with Crippen molar-refractivity contribution in [1.82, 2.24) is 20.4 Å². The van der Waals surface area contributed by atoms with Crippen molar-refractivity contribution >= 4 is 12.1 Å². The lowest BCUT2D eigenvalue weighted by Crippen LogP contribution is -2.49. The molecule has 2 saturated heterocycles. The zero-order valence-corrected chi connectivity index (χ0v) is 28.5. The fourth-order valence-electron chi connectivity index (χ4n) is 6.66. The fraction of sp³-hybridized carbons (Fsp3) is 0.944. The van der Waals surface area contributed by atoms with Gasteiger partial charge in [-0.1, -0.05) is 110 Å². The Morgan fingerprint density at radius 1 is 0.674 bits per heavy atom. The van der Waals surface area contributed by atoms with E-state index < -0.39 is 0 Å². The normalized spacial score (nSPS) is 18.1. The van der Waals surface area contributed by atoms with Gasteiger partial charge in [0.1, 0.15) is 0 Å². The molecular weight excluding hydrogens is 536 g/mol. The molecule has 2 aliphatic rings. The highest BCUT2D eigenvalue weighted by Crippen LogP contribution is 2.20. The largest absolute Gasteiger partial charge is 0.449 e. The van der Waals surface area contributed by atoms with Crippen molar-refractivity contribution in [2.24, 2.45) is 5.92 Å². The molecule has 1 atom stereocenters. The van der Waals surface area contributed by atoms with Crippen LogP contribution in [0.1, 0.15) is 162 Å². The van der Waals surface area contributed by atoms with Gasteiger partial charge in [0.2, 0.25) is 0 Å². The number of alkyl carbamates (subject to hydrolysis) is 1. The van der Waals surface area contributed by atoms with Crippen LogP contribution in [0.25, 0.3) is 0 Å². The van der Waals surface area contributed by atoms with Gasteiger partial charge in [-0.2, -0.15) is 0 Å².